The van der Waals surface area contributed by atoms with Crippen molar-refractivity contribution in [2.45, 2.75) is 39.0 Å². The Morgan fingerprint density at radius 2 is 1.81 bits per heavy atom. The van der Waals surface area contributed by atoms with Gasteiger partial charge in [-0.3, -0.25) is 9.69 Å². The van der Waals surface area contributed by atoms with Crippen LogP contribution in [-0.4, -0.2) is 48.7 Å². The number of benzene rings is 1. The number of hydrogen-bond acceptors (Lipinski definition) is 4. The topological polar surface area (TPSA) is 61.8 Å². The molecule has 1 aromatic rings. The summed E-state index contributed by atoms with van der Waals surface area (Å²) in [6.07, 6.45) is -0.607. The van der Waals surface area contributed by atoms with Crippen LogP contribution in [0.25, 0.3) is 0 Å². The van der Waals surface area contributed by atoms with E-state index in [-0.39, 0.29) is 24.6 Å². The van der Waals surface area contributed by atoms with Gasteiger partial charge in [0.15, 0.2) is 0 Å². The number of aliphatic hydroxyl groups is 1. The molecule has 0 aromatic heterocycles. The number of rotatable bonds is 7. The van der Waals surface area contributed by atoms with Crippen LogP contribution in [0.1, 0.15) is 32.4 Å². The number of nitrogens with zero attached hydrogens (tertiary/aromatic N) is 1. The van der Waals surface area contributed by atoms with Gasteiger partial charge in [-0.2, -0.15) is 0 Å². The summed E-state index contributed by atoms with van der Waals surface area (Å²) in [6.45, 7) is 5.94. The molecule has 2 N–H and O–H groups in total. The van der Waals surface area contributed by atoms with Crippen molar-refractivity contribution >= 4 is 5.91 Å². The van der Waals surface area contributed by atoms with E-state index in [1.807, 2.05) is 64.0 Å². The highest BCUT2D eigenvalue weighted by Crippen LogP contribution is 2.18. The van der Waals surface area contributed by atoms with E-state index in [2.05, 4.69) is 5.32 Å². The Labute approximate surface area is 126 Å². The molecule has 0 fully saturated rings. The van der Waals surface area contributed by atoms with E-state index in [9.17, 15) is 9.90 Å². The van der Waals surface area contributed by atoms with Crippen LogP contribution >= 0.6 is 0 Å². The number of carbonyl (C=O) groups is 1. The van der Waals surface area contributed by atoms with Crippen molar-refractivity contribution in [1.29, 1.82) is 0 Å². The third kappa shape index (κ3) is 5.73. The fourth-order valence-electron chi connectivity index (χ4n) is 1.74. The van der Waals surface area contributed by atoms with Crippen LogP contribution < -0.4 is 10.1 Å². The first-order valence-electron chi connectivity index (χ1n) is 7.20. The van der Waals surface area contributed by atoms with Gasteiger partial charge in [-0.1, -0.05) is 12.1 Å². The van der Waals surface area contributed by atoms with Gasteiger partial charge in [0.1, 0.15) is 5.75 Å². The van der Waals surface area contributed by atoms with Gasteiger partial charge in [0, 0.05) is 6.54 Å². The second kappa shape index (κ2) is 8.00. The number of likely N-dealkylation sites (N-methyl/N-ethyl adjacent to an activating group) is 1. The Balaban J connectivity index is 2.52. The minimum Gasteiger partial charge on any atom is -0.491 e. The first kappa shape index (κ1) is 17.5. The number of hydrogen-bond donors (Lipinski definition) is 2. The van der Waals surface area contributed by atoms with E-state index in [1.165, 1.54) is 0 Å². The predicted molar refractivity (Wildman–Crippen MR) is 83.3 cm³/mol. The van der Waals surface area contributed by atoms with Gasteiger partial charge in [0.25, 0.3) is 0 Å². The smallest absolute Gasteiger partial charge is 0.237 e. The van der Waals surface area contributed by atoms with E-state index in [0.29, 0.717) is 0 Å². The Bertz CT molecular complexity index is 443. The van der Waals surface area contributed by atoms with Crippen LogP contribution in [0.2, 0.25) is 0 Å². The SMILES string of the molecule is CC(C)Oc1ccc(C(O)CNC(=O)[C@H](C)N(C)C)cc1. The molecule has 0 bridgehead atoms. The molecule has 0 saturated heterocycles. The molecule has 1 aromatic carbocycles. The van der Waals surface area contributed by atoms with Crippen LogP contribution in [0.3, 0.4) is 0 Å². The van der Waals surface area contributed by atoms with E-state index in [0.717, 1.165) is 11.3 Å². The van der Waals surface area contributed by atoms with Gasteiger partial charge in [-0.15, -0.1) is 0 Å². The summed E-state index contributed by atoms with van der Waals surface area (Å²) >= 11 is 0. The molecular formula is C16H26N2O3. The van der Waals surface area contributed by atoms with E-state index in [1.54, 1.807) is 0 Å². The molecule has 0 aliphatic rings. The number of carbonyl (C=O) groups excluding carboxylic acids is 1. The fraction of sp³-hybridized carbons (Fsp3) is 0.562. The lowest BCUT2D eigenvalue weighted by molar-refractivity contribution is -0.125. The largest absolute Gasteiger partial charge is 0.491 e. The highest BCUT2D eigenvalue weighted by atomic mass is 16.5. The van der Waals surface area contributed by atoms with Crippen molar-refractivity contribution in [2.24, 2.45) is 0 Å². The molecular weight excluding hydrogens is 268 g/mol. The monoisotopic (exact) mass is 294 g/mol. The standard InChI is InChI=1S/C16H26N2O3/c1-11(2)21-14-8-6-13(7-9-14)15(19)10-17-16(20)12(3)18(4)5/h6-9,11-12,15,19H,10H2,1-5H3,(H,17,20)/t12-,15?/m0/s1. The average molecular weight is 294 g/mol. The van der Waals surface area contributed by atoms with Crippen LogP contribution in [0.15, 0.2) is 24.3 Å². The van der Waals surface area contributed by atoms with Crippen LogP contribution in [0.4, 0.5) is 0 Å². The first-order valence-corrected chi connectivity index (χ1v) is 7.20. The number of aliphatic hydroxyl groups excluding tert-OH is 1. The summed E-state index contributed by atoms with van der Waals surface area (Å²) in [5.74, 6) is 0.671. The molecule has 5 heteroatoms. The third-order valence-corrected chi connectivity index (χ3v) is 3.26. The molecule has 5 nitrogen and oxygen atoms in total. The molecule has 118 valence electrons. The van der Waals surface area contributed by atoms with E-state index >= 15 is 0 Å². The summed E-state index contributed by atoms with van der Waals surface area (Å²) in [5, 5.41) is 12.8. The maximum Gasteiger partial charge on any atom is 0.237 e. The van der Waals surface area contributed by atoms with Crippen molar-refractivity contribution in [1.82, 2.24) is 10.2 Å². The Hall–Kier alpha value is -1.59. The van der Waals surface area contributed by atoms with Crippen molar-refractivity contribution in [2.75, 3.05) is 20.6 Å². The molecule has 21 heavy (non-hydrogen) atoms. The summed E-state index contributed by atoms with van der Waals surface area (Å²) in [4.78, 5) is 13.6. The molecule has 1 unspecified atom stereocenters. The molecule has 0 radical (unpaired) electrons. The summed E-state index contributed by atoms with van der Waals surface area (Å²) in [6, 6.07) is 7.04. The van der Waals surface area contributed by atoms with Gasteiger partial charge in [0.2, 0.25) is 5.91 Å². The minimum absolute atomic E-state index is 0.0983. The van der Waals surface area contributed by atoms with E-state index in [4.69, 9.17) is 4.74 Å². The van der Waals surface area contributed by atoms with Gasteiger partial charge in [-0.05, 0) is 52.6 Å². The molecule has 0 aliphatic heterocycles. The zero-order chi connectivity index (χ0) is 16.0. The zero-order valence-corrected chi connectivity index (χ0v) is 13.5. The molecule has 0 spiro atoms. The second-order valence-corrected chi connectivity index (χ2v) is 5.64. The number of nitrogens with one attached hydrogen (secondary N) is 1. The lowest BCUT2D eigenvalue weighted by Crippen LogP contribution is -2.42. The van der Waals surface area contributed by atoms with Crippen LogP contribution in [-0.2, 0) is 4.79 Å². The molecule has 0 saturated carbocycles. The molecule has 0 aliphatic carbocycles. The summed E-state index contributed by atoms with van der Waals surface area (Å²) in [7, 11) is 3.68. The van der Waals surface area contributed by atoms with Crippen molar-refractivity contribution < 1.29 is 14.6 Å². The molecule has 0 heterocycles. The Morgan fingerprint density at radius 3 is 2.29 bits per heavy atom. The van der Waals surface area contributed by atoms with Crippen LogP contribution in [0, 0.1) is 0 Å². The van der Waals surface area contributed by atoms with Gasteiger partial charge < -0.3 is 15.2 Å². The van der Waals surface area contributed by atoms with Crippen molar-refractivity contribution in [3.05, 3.63) is 29.8 Å². The summed E-state index contributed by atoms with van der Waals surface area (Å²) < 4.78 is 5.55. The van der Waals surface area contributed by atoms with E-state index < -0.39 is 6.10 Å². The number of ether oxygens (including phenoxy) is 1. The third-order valence-electron chi connectivity index (χ3n) is 3.26. The molecule has 1 rings (SSSR count). The maximum absolute atomic E-state index is 11.8. The predicted octanol–water partition coefficient (Wildman–Crippen LogP) is 1.57. The highest BCUT2D eigenvalue weighted by molar-refractivity contribution is 5.81. The van der Waals surface area contributed by atoms with Gasteiger partial charge >= 0.3 is 0 Å². The Morgan fingerprint density at radius 1 is 1.24 bits per heavy atom. The number of amides is 1. The van der Waals surface area contributed by atoms with Gasteiger partial charge in [0.05, 0.1) is 18.2 Å². The zero-order valence-electron chi connectivity index (χ0n) is 13.5. The lowest BCUT2D eigenvalue weighted by Gasteiger charge is -2.20. The minimum atomic E-state index is -0.726. The first-order chi connectivity index (χ1) is 9.81. The molecule has 1 amide bonds. The molecule has 2 atom stereocenters. The summed E-state index contributed by atoms with van der Waals surface area (Å²) in [5.41, 5.74) is 0.754. The average Bonchev–Trinajstić information content (AvgIpc) is 2.43. The normalized spacial score (nSPS) is 14.1. The van der Waals surface area contributed by atoms with Crippen LogP contribution in [0.5, 0.6) is 5.75 Å². The van der Waals surface area contributed by atoms with Gasteiger partial charge in [-0.25, -0.2) is 0 Å². The quantitative estimate of drug-likeness (QED) is 0.801. The maximum atomic E-state index is 11.8. The van der Waals surface area contributed by atoms with Crippen molar-refractivity contribution in [3.63, 3.8) is 0 Å². The Kier molecular flexibility index (Phi) is 6.65. The highest BCUT2D eigenvalue weighted by Gasteiger charge is 2.16. The fourth-order valence-corrected chi connectivity index (χ4v) is 1.74. The second-order valence-electron chi connectivity index (χ2n) is 5.64. The van der Waals surface area contributed by atoms with Crippen molar-refractivity contribution in [3.8, 4) is 5.75 Å². The lowest BCUT2D eigenvalue weighted by atomic mass is 10.1.